The van der Waals surface area contributed by atoms with Gasteiger partial charge in [0.1, 0.15) is 24.9 Å². The predicted octanol–water partition coefficient (Wildman–Crippen LogP) is -0.878. The lowest BCUT2D eigenvalue weighted by Gasteiger charge is -2.31. The number of nitrogens with one attached hydrogen (secondary N) is 1. The number of rotatable bonds is 1. The van der Waals surface area contributed by atoms with Crippen molar-refractivity contribution in [2.75, 3.05) is 0 Å². The van der Waals surface area contributed by atoms with Gasteiger partial charge in [-0.2, -0.15) is 0 Å². The summed E-state index contributed by atoms with van der Waals surface area (Å²) in [4.78, 5) is 41.5. The van der Waals surface area contributed by atoms with E-state index in [0.717, 1.165) is 4.57 Å². The number of aryl methyl sites for hydroxylation is 1. The van der Waals surface area contributed by atoms with Gasteiger partial charge in [-0.05, 0) is 30.7 Å². The molecule has 0 bridgehead atoms. The van der Waals surface area contributed by atoms with E-state index in [9.17, 15) is 19.5 Å². The molecule has 2 N–H and O–H groups in total. The number of carbonyl (C=O) groups excluding carboxylic acids is 2. The van der Waals surface area contributed by atoms with Crippen LogP contribution in [-0.4, -0.2) is 50.0 Å². The van der Waals surface area contributed by atoms with Gasteiger partial charge in [0, 0.05) is 0 Å². The summed E-state index contributed by atoms with van der Waals surface area (Å²) in [5, 5.41) is 10.2. The summed E-state index contributed by atoms with van der Waals surface area (Å²) in [6.07, 6.45) is -0.268. The number of fused-ring (bicyclic) bond motifs is 1. The molecule has 1 fully saturated rings. The van der Waals surface area contributed by atoms with Crippen LogP contribution in [0.2, 0.25) is 5.21 Å². The third-order valence-electron chi connectivity index (χ3n) is 4.41. The topological polar surface area (TPSA) is 101 Å². The van der Waals surface area contributed by atoms with Crippen molar-refractivity contribution in [2.45, 2.75) is 30.4 Å². The van der Waals surface area contributed by atoms with Gasteiger partial charge in [0.25, 0.3) is 5.56 Å². The minimum atomic E-state index is -1.90. The first-order valence-corrected chi connectivity index (χ1v) is 7.52. The Balaban J connectivity index is 2.26. The number of benzene rings is 1. The van der Waals surface area contributed by atoms with E-state index in [1.165, 1.54) is 25.1 Å². The monoisotopic (exact) mass is 331 g/mol. The number of hydrogen-bond acceptors (Lipinski definition) is 5. The van der Waals surface area contributed by atoms with Crippen molar-refractivity contribution in [1.29, 1.82) is 0 Å². The van der Waals surface area contributed by atoms with Crippen molar-refractivity contribution in [3.05, 3.63) is 34.4 Å². The molecule has 6 radical (unpaired) electrons. The minimum Gasteiger partial charge on any atom is -0.506 e. The molecular formula is C15H12B3N3O4. The molecule has 10 heteroatoms. The van der Waals surface area contributed by atoms with Gasteiger partial charge in [-0.25, -0.2) is 4.98 Å². The van der Waals surface area contributed by atoms with Crippen LogP contribution in [0.5, 0.6) is 5.75 Å². The molecule has 1 unspecified atom stereocenters. The molecule has 0 saturated carbocycles. The number of phenols is 1. The third kappa shape index (κ3) is 2.56. The fraction of sp³-hybridized carbons (Fsp3) is 0.333. The standard InChI is InChI=1S/C15H12B3N3O4/c1-7-19-10-8(3-2-4-9(10)22)11(23)21(7)15(18)6-5-14(16,17)12(24)20-13(15)25/h2-4,22H,5-6H2,1H3,(H,20,24,25). The lowest BCUT2D eigenvalue weighted by molar-refractivity contribution is -0.132. The molecule has 1 aromatic heterocycles. The van der Waals surface area contributed by atoms with Gasteiger partial charge in [0.05, 0.1) is 26.5 Å². The highest BCUT2D eigenvalue weighted by Gasteiger charge is 2.44. The highest BCUT2D eigenvalue weighted by atomic mass is 16.3. The van der Waals surface area contributed by atoms with Crippen LogP contribution in [0.3, 0.4) is 0 Å². The second-order valence-electron chi connectivity index (χ2n) is 6.22. The van der Waals surface area contributed by atoms with Crippen molar-refractivity contribution in [3.8, 4) is 5.75 Å². The fourth-order valence-electron chi connectivity index (χ4n) is 2.94. The van der Waals surface area contributed by atoms with Gasteiger partial charge in [-0.1, -0.05) is 12.5 Å². The number of carbonyl (C=O) groups is 2. The smallest absolute Gasteiger partial charge is 0.261 e. The first-order chi connectivity index (χ1) is 11.6. The average molecular weight is 331 g/mol. The van der Waals surface area contributed by atoms with Crippen molar-refractivity contribution in [3.63, 3.8) is 0 Å². The van der Waals surface area contributed by atoms with Crippen LogP contribution in [0, 0.1) is 6.92 Å². The summed E-state index contributed by atoms with van der Waals surface area (Å²) < 4.78 is 0.999. The molecule has 0 spiro atoms. The lowest BCUT2D eigenvalue weighted by Crippen LogP contribution is -2.54. The summed E-state index contributed by atoms with van der Waals surface area (Å²) in [5.74, 6) is -1.84. The fourth-order valence-corrected chi connectivity index (χ4v) is 2.94. The average Bonchev–Trinajstić information content (AvgIpc) is 2.60. The number of nitrogens with zero attached hydrogens (tertiary/aromatic N) is 2. The molecule has 2 amide bonds. The first kappa shape index (κ1) is 17.3. The van der Waals surface area contributed by atoms with Gasteiger partial charge in [-0.3, -0.25) is 24.3 Å². The summed E-state index contributed by atoms with van der Waals surface area (Å²) in [6.45, 7) is 1.47. The molecular weight excluding hydrogens is 319 g/mol. The molecule has 7 nitrogen and oxygen atoms in total. The zero-order valence-electron chi connectivity index (χ0n) is 13.4. The Kier molecular flexibility index (Phi) is 3.81. The summed E-state index contributed by atoms with van der Waals surface area (Å²) >= 11 is 0. The largest absolute Gasteiger partial charge is 0.506 e. The zero-order valence-corrected chi connectivity index (χ0v) is 13.4. The van der Waals surface area contributed by atoms with E-state index in [4.69, 9.17) is 23.5 Å². The van der Waals surface area contributed by atoms with Gasteiger partial charge in [0.15, 0.2) is 0 Å². The van der Waals surface area contributed by atoms with Gasteiger partial charge in [-0.15, -0.1) is 0 Å². The zero-order chi connectivity index (χ0) is 18.6. The number of hydrogen-bond donors (Lipinski definition) is 2. The van der Waals surface area contributed by atoms with Crippen LogP contribution in [0.4, 0.5) is 0 Å². The maximum absolute atomic E-state index is 12.9. The Labute approximate surface area is 147 Å². The third-order valence-corrected chi connectivity index (χ3v) is 4.41. The van der Waals surface area contributed by atoms with Crippen molar-refractivity contribution < 1.29 is 14.7 Å². The first-order valence-electron chi connectivity index (χ1n) is 7.52. The number of para-hydroxylation sites is 1. The van der Waals surface area contributed by atoms with Crippen LogP contribution in [0.1, 0.15) is 18.7 Å². The minimum absolute atomic E-state index is 0.0885. The van der Waals surface area contributed by atoms with E-state index >= 15 is 0 Å². The summed E-state index contributed by atoms with van der Waals surface area (Å²) in [5.41, 5.74) is -2.42. The molecule has 1 saturated heterocycles. The van der Waals surface area contributed by atoms with Crippen LogP contribution in [0.15, 0.2) is 23.0 Å². The molecule has 2 heterocycles. The Morgan fingerprint density at radius 3 is 2.52 bits per heavy atom. The number of phenolic OH excluding ortho intramolecular Hbond substituents is 1. The van der Waals surface area contributed by atoms with Crippen molar-refractivity contribution in [1.82, 2.24) is 14.9 Å². The SMILES string of the molecule is [B]C1([B])CCC([B])(n2c(C)nc3c(O)cccc3c2=O)C(=O)NC1=O. The molecule has 1 aromatic carbocycles. The summed E-state index contributed by atoms with van der Waals surface area (Å²) in [7, 11) is 17.6. The van der Waals surface area contributed by atoms with E-state index in [1.807, 2.05) is 5.32 Å². The molecule has 1 aliphatic heterocycles. The molecule has 0 aliphatic carbocycles. The predicted molar refractivity (Wildman–Crippen MR) is 92.7 cm³/mol. The highest BCUT2D eigenvalue weighted by molar-refractivity contribution is 6.52. The summed E-state index contributed by atoms with van der Waals surface area (Å²) in [6, 6.07) is 4.33. The van der Waals surface area contributed by atoms with Crippen LogP contribution >= 0.6 is 0 Å². The molecule has 25 heavy (non-hydrogen) atoms. The highest BCUT2D eigenvalue weighted by Crippen LogP contribution is 2.34. The van der Waals surface area contributed by atoms with Crippen LogP contribution in [-0.2, 0) is 15.0 Å². The van der Waals surface area contributed by atoms with E-state index in [2.05, 4.69) is 4.98 Å². The molecule has 2 aromatic rings. The van der Waals surface area contributed by atoms with Crippen molar-refractivity contribution in [2.24, 2.45) is 0 Å². The van der Waals surface area contributed by atoms with Crippen molar-refractivity contribution >= 4 is 46.3 Å². The molecule has 120 valence electrons. The molecule has 1 atom stereocenters. The maximum Gasteiger partial charge on any atom is 0.261 e. The Bertz CT molecular complexity index is 972. The van der Waals surface area contributed by atoms with E-state index in [-0.39, 0.29) is 35.3 Å². The van der Waals surface area contributed by atoms with E-state index in [0.29, 0.717) is 0 Å². The lowest BCUT2D eigenvalue weighted by atomic mass is 9.51. The second-order valence-corrected chi connectivity index (χ2v) is 6.22. The second kappa shape index (κ2) is 5.51. The van der Waals surface area contributed by atoms with E-state index < -0.39 is 28.0 Å². The normalized spacial score (nSPS) is 23.2. The maximum atomic E-state index is 12.9. The molecule has 3 rings (SSSR count). The van der Waals surface area contributed by atoms with Gasteiger partial charge >= 0.3 is 0 Å². The van der Waals surface area contributed by atoms with E-state index in [1.54, 1.807) is 0 Å². The number of aromatic hydroxyl groups is 1. The number of amides is 2. The Morgan fingerprint density at radius 2 is 1.84 bits per heavy atom. The van der Waals surface area contributed by atoms with Gasteiger partial charge < -0.3 is 5.11 Å². The Hall–Kier alpha value is -2.51. The molecule has 1 aliphatic rings. The quantitative estimate of drug-likeness (QED) is 0.522. The Morgan fingerprint density at radius 1 is 1.16 bits per heavy atom. The number of aromatic nitrogens is 2. The number of imide groups is 1. The van der Waals surface area contributed by atoms with Crippen LogP contribution in [0.25, 0.3) is 10.9 Å². The van der Waals surface area contributed by atoms with Gasteiger partial charge in [0.2, 0.25) is 11.8 Å². The van der Waals surface area contributed by atoms with Crippen LogP contribution < -0.4 is 10.9 Å².